The van der Waals surface area contributed by atoms with Crippen LogP contribution in [0.2, 0.25) is 18.1 Å². The quantitative estimate of drug-likeness (QED) is 0.322. The molecule has 148 valence electrons. The average molecular weight is 379 g/mol. The van der Waals surface area contributed by atoms with Crippen LogP contribution < -0.4 is 0 Å². The Morgan fingerprint density at radius 2 is 1.92 bits per heavy atom. The van der Waals surface area contributed by atoms with Crippen LogP contribution in [-0.4, -0.2) is 37.8 Å². The molecule has 1 unspecified atom stereocenters. The number of aliphatic hydroxyl groups excluding tert-OH is 1. The van der Waals surface area contributed by atoms with Crippen LogP contribution in [0.3, 0.4) is 0 Å². The Kier molecular flexibility index (Phi) is 5.92. The predicted octanol–water partition coefficient (Wildman–Crippen LogP) is 5.06. The highest BCUT2D eigenvalue weighted by Gasteiger charge is 2.53. The largest absolute Gasteiger partial charge is 0.414 e. The van der Waals surface area contributed by atoms with Crippen LogP contribution >= 0.6 is 0 Å². The van der Waals surface area contributed by atoms with Gasteiger partial charge < -0.3 is 14.3 Å². The first-order chi connectivity index (χ1) is 11.7. The number of allylic oxidation sites excluding steroid dienone is 1. The fourth-order valence-electron chi connectivity index (χ4n) is 3.59. The lowest BCUT2D eigenvalue weighted by Crippen LogP contribution is -2.42. The Morgan fingerprint density at radius 3 is 2.46 bits per heavy atom. The van der Waals surface area contributed by atoms with E-state index in [9.17, 15) is 5.11 Å². The Morgan fingerprint density at radius 1 is 1.31 bits per heavy atom. The zero-order valence-electron chi connectivity index (χ0n) is 18.2. The van der Waals surface area contributed by atoms with Gasteiger partial charge in [0.15, 0.2) is 13.9 Å². The molecule has 4 heteroatoms. The van der Waals surface area contributed by atoms with Gasteiger partial charge in [-0.1, -0.05) is 52.0 Å². The van der Waals surface area contributed by atoms with Crippen LogP contribution in [0.25, 0.3) is 0 Å². The molecular formula is C22H38O3Si. The molecule has 0 aromatic carbocycles. The third-order valence-corrected chi connectivity index (χ3v) is 11.1. The van der Waals surface area contributed by atoms with Crippen molar-refractivity contribution in [2.45, 2.75) is 104 Å². The zero-order valence-corrected chi connectivity index (χ0v) is 19.2. The van der Waals surface area contributed by atoms with Crippen LogP contribution in [0.1, 0.15) is 67.7 Å². The van der Waals surface area contributed by atoms with E-state index in [1.165, 1.54) is 12.0 Å². The van der Waals surface area contributed by atoms with Crippen LogP contribution in [0.15, 0.2) is 11.1 Å². The van der Waals surface area contributed by atoms with E-state index < -0.39 is 20.0 Å². The fraction of sp³-hybridized carbons (Fsp3) is 0.818. The standard InChI is InChI=1S/C22H38O3Si/c1-16-11-10-13-21(5,6)19(16)17(23)12-14-22(7)18(25-22)15-24-26(8,9)20(2,3)4/h17-18,23H,10-11,13,15H2,1-9H3/t17?,18-,22+/m1/s1. The van der Waals surface area contributed by atoms with Gasteiger partial charge in [-0.2, -0.15) is 0 Å². The summed E-state index contributed by atoms with van der Waals surface area (Å²) in [6.07, 6.45) is 2.67. The van der Waals surface area contributed by atoms with Crippen molar-refractivity contribution in [1.82, 2.24) is 0 Å². The number of hydrogen-bond acceptors (Lipinski definition) is 3. The van der Waals surface area contributed by atoms with Gasteiger partial charge in [-0.05, 0) is 62.2 Å². The summed E-state index contributed by atoms with van der Waals surface area (Å²) in [5.74, 6) is 6.27. The predicted molar refractivity (Wildman–Crippen MR) is 111 cm³/mol. The zero-order chi connectivity index (χ0) is 20.0. The molecule has 1 heterocycles. The van der Waals surface area contributed by atoms with Crippen molar-refractivity contribution in [3.05, 3.63) is 11.1 Å². The third kappa shape index (κ3) is 4.62. The van der Waals surface area contributed by atoms with Crippen molar-refractivity contribution in [2.75, 3.05) is 6.61 Å². The molecule has 2 aliphatic rings. The van der Waals surface area contributed by atoms with Gasteiger partial charge in [0.05, 0.1) is 6.61 Å². The van der Waals surface area contributed by atoms with Gasteiger partial charge in [0.25, 0.3) is 0 Å². The Labute approximate surface area is 161 Å². The van der Waals surface area contributed by atoms with Gasteiger partial charge >= 0.3 is 0 Å². The second-order valence-corrected chi connectivity index (χ2v) is 15.2. The lowest BCUT2D eigenvalue weighted by molar-refractivity contribution is 0.214. The summed E-state index contributed by atoms with van der Waals surface area (Å²) >= 11 is 0. The molecule has 0 amide bonds. The molecule has 1 fully saturated rings. The van der Waals surface area contributed by atoms with E-state index >= 15 is 0 Å². The van der Waals surface area contributed by atoms with Gasteiger partial charge in [-0.15, -0.1) is 0 Å². The number of rotatable bonds is 4. The van der Waals surface area contributed by atoms with Gasteiger partial charge in [0.1, 0.15) is 12.2 Å². The van der Waals surface area contributed by atoms with Gasteiger partial charge in [0.2, 0.25) is 0 Å². The second-order valence-electron chi connectivity index (χ2n) is 10.4. The molecule has 0 aromatic rings. The highest BCUT2D eigenvalue weighted by atomic mass is 28.4. The number of aliphatic hydroxyl groups is 1. The Hall–Kier alpha value is -0.603. The van der Waals surface area contributed by atoms with Crippen LogP contribution in [0.5, 0.6) is 0 Å². The van der Waals surface area contributed by atoms with Crippen molar-refractivity contribution >= 4 is 8.32 Å². The SMILES string of the molecule is CC1=C(C(O)C#C[C@]2(C)O[C@@H]2CO[Si](C)(C)C(C)(C)C)C(C)(C)CCC1. The molecule has 0 aromatic heterocycles. The molecule has 0 saturated carbocycles. The summed E-state index contributed by atoms with van der Waals surface area (Å²) in [5, 5.41) is 10.9. The van der Waals surface area contributed by atoms with Crippen molar-refractivity contribution in [1.29, 1.82) is 0 Å². The van der Waals surface area contributed by atoms with Crippen molar-refractivity contribution < 1.29 is 14.3 Å². The van der Waals surface area contributed by atoms with Gasteiger partial charge in [-0.25, -0.2) is 0 Å². The number of ether oxygens (including phenoxy) is 1. The molecule has 2 rings (SSSR count). The minimum atomic E-state index is -1.77. The first-order valence-electron chi connectivity index (χ1n) is 9.92. The average Bonchev–Trinajstić information content (AvgIpc) is 3.12. The summed E-state index contributed by atoms with van der Waals surface area (Å²) in [6, 6.07) is 0. The molecule has 1 aliphatic heterocycles. The van der Waals surface area contributed by atoms with Crippen molar-refractivity contribution in [3.8, 4) is 11.8 Å². The molecule has 3 atom stereocenters. The van der Waals surface area contributed by atoms with Crippen LogP contribution in [0.4, 0.5) is 0 Å². The van der Waals surface area contributed by atoms with E-state index in [0.717, 1.165) is 18.4 Å². The van der Waals surface area contributed by atoms with E-state index in [2.05, 4.69) is 66.5 Å². The molecule has 1 aliphatic carbocycles. The number of hydrogen-bond donors (Lipinski definition) is 1. The third-order valence-electron chi connectivity index (χ3n) is 6.62. The molecule has 0 radical (unpaired) electrons. The summed E-state index contributed by atoms with van der Waals surface area (Å²) in [4.78, 5) is 0. The monoisotopic (exact) mass is 378 g/mol. The van der Waals surface area contributed by atoms with E-state index in [1.54, 1.807) is 0 Å². The Balaban J connectivity index is 2.01. The first kappa shape index (κ1) is 21.7. The fourth-order valence-corrected chi connectivity index (χ4v) is 4.60. The first-order valence-corrected chi connectivity index (χ1v) is 12.8. The summed E-state index contributed by atoms with van der Waals surface area (Å²) in [5.41, 5.74) is 1.93. The summed E-state index contributed by atoms with van der Waals surface area (Å²) in [7, 11) is -1.77. The van der Waals surface area contributed by atoms with Crippen LogP contribution in [-0.2, 0) is 9.16 Å². The smallest absolute Gasteiger partial charge is 0.192 e. The topological polar surface area (TPSA) is 42.0 Å². The molecule has 1 saturated heterocycles. The van der Waals surface area contributed by atoms with E-state index in [0.29, 0.717) is 6.61 Å². The highest BCUT2D eigenvalue weighted by Crippen LogP contribution is 2.43. The minimum Gasteiger partial charge on any atom is -0.414 e. The second kappa shape index (κ2) is 7.09. The van der Waals surface area contributed by atoms with Crippen molar-refractivity contribution in [3.63, 3.8) is 0 Å². The molecule has 0 bridgehead atoms. The van der Waals surface area contributed by atoms with Crippen molar-refractivity contribution in [2.24, 2.45) is 5.41 Å². The molecule has 26 heavy (non-hydrogen) atoms. The van der Waals surface area contributed by atoms with E-state index in [4.69, 9.17) is 9.16 Å². The maximum absolute atomic E-state index is 10.7. The molecule has 1 N–H and O–H groups in total. The maximum Gasteiger partial charge on any atom is 0.192 e. The highest BCUT2D eigenvalue weighted by molar-refractivity contribution is 6.74. The molecular weight excluding hydrogens is 340 g/mol. The van der Waals surface area contributed by atoms with E-state index in [-0.39, 0.29) is 16.6 Å². The lowest BCUT2D eigenvalue weighted by Gasteiger charge is -2.36. The Bertz CT molecular complexity index is 630. The molecule has 0 spiro atoms. The summed E-state index contributed by atoms with van der Waals surface area (Å²) in [6.45, 7) is 20.4. The maximum atomic E-state index is 10.7. The number of epoxide rings is 1. The minimum absolute atomic E-state index is 0.00534. The lowest BCUT2D eigenvalue weighted by atomic mass is 9.71. The van der Waals surface area contributed by atoms with Gasteiger partial charge in [0, 0.05) is 0 Å². The van der Waals surface area contributed by atoms with E-state index in [1.807, 2.05) is 6.92 Å². The van der Waals surface area contributed by atoms with Gasteiger partial charge in [-0.3, -0.25) is 0 Å². The molecule has 3 nitrogen and oxygen atoms in total. The van der Waals surface area contributed by atoms with Crippen LogP contribution in [0, 0.1) is 17.3 Å². The summed E-state index contributed by atoms with van der Waals surface area (Å²) < 4.78 is 12.1. The normalized spacial score (nSPS) is 29.8.